The molecule has 0 radical (unpaired) electrons. The zero-order chi connectivity index (χ0) is 14.0. The molecule has 1 N–H and O–H groups in total. The minimum Gasteiger partial charge on any atom is -0.241 e. The van der Waals surface area contributed by atoms with Gasteiger partial charge in [-0.2, -0.15) is 0 Å². The standard InChI is InChI=1S/C12H13ClN2O2S2/c1-8-11(7-14-19(2,16)17)18-12(15-8)9-5-3-4-6-10(9)13/h3-6,14H,7H2,1-2H3. The van der Waals surface area contributed by atoms with Gasteiger partial charge in [0.25, 0.3) is 0 Å². The lowest BCUT2D eigenvalue weighted by atomic mass is 10.2. The highest BCUT2D eigenvalue weighted by molar-refractivity contribution is 7.88. The van der Waals surface area contributed by atoms with Crippen molar-refractivity contribution in [2.45, 2.75) is 13.5 Å². The highest BCUT2D eigenvalue weighted by Crippen LogP contribution is 2.32. The summed E-state index contributed by atoms with van der Waals surface area (Å²) in [6.07, 6.45) is 1.14. The normalized spacial score (nSPS) is 11.7. The molecule has 0 amide bonds. The number of hydrogen-bond acceptors (Lipinski definition) is 4. The van der Waals surface area contributed by atoms with E-state index in [0.717, 1.165) is 27.4 Å². The molecule has 7 heteroatoms. The lowest BCUT2D eigenvalue weighted by Gasteiger charge is -1.99. The molecule has 4 nitrogen and oxygen atoms in total. The monoisotopic (exact) mass is 316 g/mol. The van der Waals surface area contributed by atoms with Crippen molar-refractivity contribution < 1.29 is 8.42 Å². The van der Waals surface area contributed by atoms with Gasteiger partial charge in [-0.15, -0.1) is 11.3 Å². The fraction of sp³-hybridized carbons (Fsp3) is 0.250. The Hall–Kier alpha value is -0.950. The van der Waals surface area contributed by atoms with Gasteiger partial charge in [0.15, 0.2) is 0 Å². The Morgan fingerprint density at radius 3 is 2.68 bits per heavy atom. The lowest BCUT2D eigenvalue weighted by molar-refractivity contribution is 0.588. The number of hydrogen-bond donors (Lipinski definition) is 1. The molecule has 102 valence electrons. The van der Waals surface area contributed by atoms with Crippen LogP contribution < -0.4 is 4.72 Å². The maximum absolute atomic E-state index is 11.1. The molecular weight excluding hydrogens is 304 g/mol. The van der Waals surface area contributed by atoms with Gasteiger partial charge in [-0.25, -0.2) is 18.1 Å². The molecule has 0 bridgehead atoms. The van der Waals surface area contributed by atoms with Gasteiger partial charge in [0.2, 0.25) is 10.0 Å². The topological polar surface area (TPSA) is 59.1 Å². The van der Waals surface area contributed by atoms with E-state index in [-0.39, 0.29) is 6.54 Å². The number of aryl methyl sites for hydroxylation is 1. The SMILES string of the molecule is Cc1nc(-c2ccccc2Cl)sc1CNS(C)(=O)=O. The molecule has 0 saturated carbocycles. The molecule has 0 unspecified atom stereocenters. The summed E-state index contributed by atoms with van der Waals surface area (Å²) >= 11 is 7.57. The summed E-state index contributed by atoms with van der Waals surface area (Å²) in [5.74, 6) is 0. The van der Waals surface area contributed by atoms with Crippen LogP contribution in [0, 0.1) is 6.92 Å². The first-order valence-electron chi connectivity index (χ1n) is 5.52. The van der Waals surface area contributed by atoms with E-state index in [4.69, 9.17) is 11.6 Å². The molecule has 1 aromatic carbocycles. The Labute approximate surface area is 121 Å². The molecule has 2 aromatic rings. The number of benzene rings is 1. The van der Waals surface area contributed by atoms with E-state index in [0.29, 0.717) is 5.02 Å². The van der Waals surface area contributed by atoms with Crippen molar-refractivity contribution in [1.29, 1.82) is 0 Å². The molecule has 19 heavy (non-hydrogen) atoms. The molecule has 0 aliphatic heterocycles. The van der Waals surface area contributed by atoms with Crippen molar-refractivity contribution in [1.82, 2.24) is 9.71 Å². The van der Waals surface area contributed by atoms with Crippen molar-refractivity contribution >= 4 is 33.0 Å². The van der Waals surface area contributed by atoms with Gasteiger partial charge in [0, 0.05) is 17.0 Å². The molecule has 0 aliphatic carbocycles. The van der Waals surface area contributed by atoms with E-state index in [1.165, 1.54) is 11.3 Å². The van der Waals surface area contributed by atoms with Gasteiger partial charge in [-0.3, -0.25) is 0 Å². The van der Waals surface area contributed by atoms with E-state index < -0.39 is 10.0 Å². The number of halogens is 1. The van der Waals surface area contributed by atoms with E-state index in [2.05, 4.69) is 9.71 Å². The average molecular weight is 317 g/mol. The fourth-order valence-electron chi connectivity index (χ4n) is 1.54. The second kappa shape index (κ2) is 5.58. The van der Waals surface area contributed by atoms with Gasteiger partial charge < -0.3 is 0 Å². The third-order valence-corrected chi connectivity index (χ3v) is 4.68. The molecule has 0 spiro atoms. The minimum atomic E-state index is -3.20. The molecular formula is C12H13ClN2O2S2. The Morgan fingerprint density at radius 2 is 2.05 bits per heavy atom. The van der Waals surface area contributed by atoms with Crippen LogP contribution in [0.15, 0.2) is 24.3 Å². The van der Waals surface area contributed by atoms with Crippen molar-refractivity contribution in [3.05, 3.63) is 39.9 Å². The number of rotatable bonds is 4. The zero-order valence-corrected chi connectivity index (χ0v) is 12.9. The van der Waals surface area contributed by atoms with Gasteiger partial charge in [-0.05, 0) is 13.0 Å². The van der Waals surface area contributed by atoms with E-state index in [9.17, 15) is 8.42 Å². The minimum absolute atomic E-state index is 0.257. The van der Waals surface area contributed by atoms with Crippen LogP contribution in [0.4, 0.5) is 0 Å². The summed E-state index contributed by atoms with van der Waals surface area (Å²) in [6, 6.07) is 7.46. The third kappa shape index (κ3) is 3.76. The van der Waals surface area contributed by atoms with Crippen molar-refractivity contribution in [3.8, 4) is 10.6 Å². The first-order chi connectivity index (χ1) is 8.87. The van der Waals surface area contributed by atoms with Crippen molar-refractivity contribution in [3.63, 3.8) is 0 Å². The van der Waals surface area contributed by atoms with Gasteiger partial charge in [0.1, 0.15) is 5.01 Å². The molecule has 0 aliphatic rings. The molecule has 2 rings (SSSR count). The van der Waals surface area contributed by atoms with Gasteiger partial charge in [-0.1, -0.05) is 29.8 Å². The van der Waals surface area contributed by atoms with Crippen LogP contribution in [0.5, 0.6) is 0 Å². The van der Waals surface area contributed by atoms with Crippen LogP contribution in [0.3, 0.4) is 0 Å². The number of aromatic nitrogens is 1. The smallest absolute Gasteiger partial charge is 0.209 e. The number of nitrogens with one attached hydrogen (secondary N) is 1. The van der Waals surface area contributed by atoms with Crippen LogP contribution in [0.1, 0.15) is 10.6 Å². The van der Waals surface area contributed by atoms with Crippen LogP contribution in [0.2, 0.25) is 5.02 Å². The van der Waals surface area contributed by atoms with Crippen LogP contribution >= 0.6 is 22.9 Å². The maximum Gasteiger partial charge on any atom is 0.209 e. The fourth-order valence-corrected chi connectivity index (χ4v) is 3.36. The molecule has 1 heterocycles. The number of sulfonamides is 1. The first-order valence-corrected chi connectivity index (χ1v) is 8.61. The predicted octanol–water partition coefficient (Wildman–Crippen LogP) is 2.82. The van der Waals surface area contributed by atoms with Crippen LogP contribution in [-0.4, -0.2) is 19.7 Å². The Balaban J connectivity index is 2.29. The van der Waals surface area contributed by atoms with Gasteiger partial charge >= 0.3 is 0 Å². The Kier molecular flexibility index (Phi) is 4.25. The molecule has 1 aromatic heterocycles. The Bertz CT molecular complexity index is 696. The maximum atomic E-state index is 11.1. The van der Waals surface area contributed by atoms with Crippen LogP contribution in [-0.2, 0) is 16.6 Å². The summed E-state index contributed by atoms with van der Waals surface area (Å²) in [5.41, 5.74) is 1.68. The third-order valence-electron chi connectivity index (χ3n) is 2.49. The average Bonchev–Trinajstić information content (AvgIpc) is 2.68. The molecule has 0 saturated heterocycles. The summed E-state index contributed by atoms with van der Waals surface area (Å²) in [5, 5.41) is 1.44. The summed E-state index contributed by atoms with van der Waals surface area (Å²) < 4.78 is 24.7. The zero-order valence-electron chi connectivity index (χ0n) is 10.5. The van der Waals surface area contributed by atoms with Gasteiger partial charge in [0.05, 0.1) is 17.0 Å². The lowest BCUT2D eigenvalue weighted by Crippen LogP contribution is -2.20. The molecule has 0 fully saturated rings. The highest BCUT2D eigenvalue weighted by Gasteiger charge is 2.12. The van der Waals surface area contributed by atoms with E-state index in [1.807, 2.05) is 31.2 Å². The summed E-state index contributed by atoms with van der Waals surface area (Å²) in [7, 11) is -3.20. The second-order valence-electron chi connectivity index (χ2n) is 4.10. The highest BCUT2D eigenvalue weighted by atomic mass is 35.5. The second-order valence-corrected chi connectivity index (χ2v) is 7.42. The largest absolute Gasteiger partial charge is 0.241 e. The predicted molar refractivity (Wildman–Crippen MR) is 79.0 cm³/mol. The molecule has 0 atom stereocenters. The number of nitrogens with zero attached hydrogens (tertiary/aromatic N) is 1. The van der Waals surface area contributed by atoms with Crippen molar-refractivity contribution in [2.75, 3.05) is 6.26 Å². The summed E-state index contributed by atoms with van der Waals surface area (Å²) in [6.45, 7) is 2.11. The Morgan fingerprint density at radius 1 is 1.37 bits per heavy atom. The first kappa shape index (κ1) is 14.5. The summed E-state index contributed by atoms with van der Waals surface area (Å²) in [4.78, 5) is 5.33. The van der Waals surface area contributed by atoms with E-state index >= 15 is 0 Å². The van der Waals surface area contributed by atoms with E-state index in [1.54, 1.807) is 0 Å². The number of thiazole rings is 1. The quantitative estimate of drug-likeness (QED) is 0.943. The van der Waals surface area contributed by atoms with Crippen LogP contribution in [0.25, 0.3) is 10.6 Å². The van der Waals surface area contributed by atoms with Crippen molar-refractivity contribution in [2.24, 2.45) is 0 Å².